The Morgan fingerprint density at radius 2 is 2.17 bits per heavy atom. The summed E-state index contributed by atoms with van der Waals surface area (Å²) in [6, 6.07) is 0. The molecule has 1 atom stereocenters. The number of nitrogens with zero attached hydrogens (tertiary/aromatic N) is 1. The Labute approximate surface area is 75.3 Å². The van der Waals surface area contributed by atoms with E-state index < -0.39 is 0 Å². The molecule has 1 unspecified atom stereocenters. The van der Waals surface area contributed by atoms with Gasteiger partial charge in [0.1, 0.15) is 0 Å². The molecule has 2 heterocycles. The summed E-state index contributed by atoms with van der Waals surface area (Å²) in [6.45, 7) is 8.91. The number of nitrogens with one attached hydrogen (secondary N) is 1. The third-order valence-corrected chi connectivity index (χ3v) is 3.33. The van der Waals surface area contributed by atoms with Gasteiger partial charge < -0.3 is 10.2 Å². The van der Waals surface area contributed by atoms with Gasteiger partial charge in [-0.15, -0.1) is 0 Å². The molecule has 0 bridgehead atoms. The van der Waals surface area contributed by atoms with Crippen molar-refractivity contribution in [3.8, 4) is 0 Å². The predicted octanol–water partition coefficient (Wildman–Crippen LogP) is 0.938. The summed E-state index contributed by atoms with van der Waals surface area (Å²) >= 11 is 0. The van der Waals surface area contributed by atoms with Crippen molar-refractivity contribution in [3.63, 3.8) is 0 Å². The summed E-state index contributed by atoms with van der Waals surface area (Å²) in [5.74, 6) is 1.96. The minimum atomic E-state index is 0.959. The average Bonchev–Trinajstić information content (AvgIpc) is 2.44. The van der Waals surface area contributed by atoms with Crippen molar-refractivity contribution in [2.24, 2.45) is 11.8 Å². The van der Waals surface area contributed by atoms with Gasteiger partial charge in [-0.3, -0.25) is 0 Å². The molecule has 2 aliphatic rings. The minimum absolute atomic E-state index is 0.959. The second-order valence-corrected chi connectivity index (χ2v) is 4.35. The van der Waals surface area contributed by atoms with Crippen LogP contribution in [0.4, 0.5) is 0 Å². The molecule has 0 spiro atoms. The smallest absolute Gasteiger partial charge is 0.00341 e. The first-order chi connectivity index (χ1) is 5.88. The molecule has 2 rings (SSSR count). The molecular weight excluding hydrogens is 148 g/mol. The molecule has 0 radical (unpaired) electrons. The van der Waals surface area contributed by atoms with Crippen LogP contribution in [-0.4, -0.2) is 37.6 Å². The SMILES string of the molecule is CCC1CCN(CC2CNC2)C1. The molecular formula is C10H20N2. The zero-order valence-corrected chi connectivity index (χ0v) is 8.05. The Morgan fingerprint density at radius 3 is 2.67 bits per heavy atom. The topological polar surface area (TPSA) is 15.3 Å². The van der Waals surface area contributed by atoms with Gasteiger partial charge in [-0.05, 0) is 24.8 Å². The second kappa shape index (κ2) is 3.75. The Bertz CT molecular complexity index is 143. The zero-order chi connectivity index (χ0) is 8.39. The Hall–Kier alpha value is -0.0800. The highest BCUT2D eigenvalue weighted by molar-refractivity contribution is 4.82. The van der Waals surface area contributed by atoms with Gasteiger partial charge in [-0.25, -0.2) is 0 Å². The van der Waals surface area contributed by atoms with Gasteiger partial charge >= 0.3 is 0 Å². The highest BCUT2D eigenvalue weighted by Gasteiger charge is 2.25. The van der Waals surface area contributed by atoms with Gasteiger partial charge in [0.05, 0.1) is 0 Å². The molecule has 2 fully saturated rings. The molecule has 0 saturated carbocycles. The van der Waals surface area contributed by atoms with Crippen molar-refractivity contribution in [2.45, 2.75) is 19.8 Å². The molecule has 2 aliphatic heterocycles. The van der Waals surface area contributed by atoms with Crippen LogP contribution in [0.1, 0.15) is 19.8 Å². The third-order valence-electron chi connectivity index (χ3n) is 3.33. The average molecular weight is 168 g/mol. The van der Waals surface area contributed by atoms with Crippen LogP contribution in [0.2, 0.25) is 0 Å². The van der Waals surface area contributed by atoms with Crippen LogP contribution in [0, 0.1) is 11.8 Å². The van der Waals surface area contributed by atoms with Gasteiger partial charge in [-0.2, -0.15) is 0 Å². The molecule has 1 N–H and O–H groups in total. The summed E-state index contributed by atoms with van der Waals surface area (Å²) in [6.07, 6.45) is 2.82. The molecule has 70 valence electrons. The fourth-order valence-corrected chi connectivity index (χ4v) is 2.25. The zero-order valence-electron chi connectivity index (χ0n) is 8.05. The standard InChI is InChI=1S/C10H20N2/c1-2-9-3-4-12(7-9)8-10-5-11-6-10/h9-11H,2-8H2,1H3. The first-order valence-electron chi connectivity index (χ1n) is 5.31. The van der Waals surface area contributed by atoms with Gasteiger partial charge in [-0.1, -0.05) is 13.3 Å². The molecule has 2 nitrogen and oxygen atoms in total. The monoisotopic (exact) mass is 168 g/mol. The van der Waals surface area contributed by atoms with E-state index in [1.807, 2.05) is 0 Å². The van der Waals surface area contributed by atoms with Crippen molar-refractivity contribution in [3.05, 3.63) is 0 Å². The van der Waals surface area contributed by atoms with Crippen LogP contribution >= 0.6 is 0 Å². The van der Waals surface area contributed by atoms with E-state index in [2.05, 4.69) is 17.1 Å². The molecule has 0 amide bonds. The van der Waals surface area contributed by atoms with Crippen molar-refractivity contribution in [1.29, 1.82) is 0 Å². The van der Waals surface area contributed by atoms with Gasteiger partial charge in [0.15, 0.2) is 0 Å². The molecule has 2 saturated heterocycles. The quantitative estimate of drug-likeness (QED) is 0.674. The van der Waals surface area contributed by atoms with E-state index in [0.29, 0.717) is 0 Å². The van der Waals surface area contributed by atoms with Crippen LogP contribution in [0.5, 0.6) is 0 Å². The summed E-state index contributed by atoms with van der Waals surface area (Å²) in [5.41, 5.74) is 0. The minimum Gasteiger partial charge on any atom is -0.316 e. The van der Waals surface area contributed by atoms with E-state index >= 15 is 0 Å². The number of likely N-dealkylation sites (tertiary alicyclic amines) is 1. The van der Waals surface area contributed by atoms with Crippen LogP contribution in [0.3, 0.4) is 0 Å². The van der Waals surface area contributed by atoms with E-state index in [1.54, 1.807) is 0 Å². The normalized spacial score (nSPS) is 32.2. The lowest BCUT2D eigenvalue weighted by atomic mass is 10.0. The van der Waals surface area contributed by atoms with Crippen molar-refractivity contribution in [2.75, 3.05) is 32.7 Å². The van der Waals surface area contributed by atoms with Crippen molar-refractivity contribution < 1.29 is 0 Å². The van der Waals surface area contributed by atoms with E-state index in [4.69, 9.17) is 0 Å². The molecule has 0 aromatic carbocycles. The molecule has 0 aliphatic carbocycles. The van der Waals surface area contributed by atoms with E-state index in [0.717, 1.165) is 11.8 Å². The van der Waals surface area contributed by atoms with Crippen LogP contribution in [0.15, 0.2) is 0 Å². The lowest BCUT2D eigenvalue weighted by Gasteiger charge is -2.31. The lowest BCUT2D eigenvalue weighted by molar-refractivity contribution is 0.218. The fourth-order valence-electron chi connectivity index (χ4n) is 2.25. The van der Waals surface area contributed by atoms with E-state index in [1.165, 1.54) is 45.6 Å². The highest BCUT2D eigenvalue weighted by atomic mass is 15.2. The van der Waals surface area contributed by atoms with E-state index in [9.17, 15) is 0 Å². The van der Waals surface area contributed by atoms with Crippen molar-refractivity contribution in [1.82, 2.24) is 10.2 Å². The van der Waals surface area contributed by atoms with Crippen LogP contribution < -0.4 is 5.32 Å². The molecule has 2 heteroatoms. The Balaban J connectivity index is 1.68. The summed E-state index contributed by atoms with van der Waals surface area (Å²) < 4.78 is 0. The van der Waals surface area contributed by atoms with Gasteiger partial charge in [0.2, 0.25) is 0 Å². The maximum Gasteiger partial charge on any atom is 0.00341 e. The van der Waals surface area contributed by atoms with Crippen molar-refractivity contribution >= 4 is 0 Å². The van der Waals surface area contributed by atoms with Crippen LogP contribution in [0.25, 0.3) is 0 Å². The van der Waals surface area contributed by atoms with E-state index in [-0.39, 0.29) is 0 Å². The lowest BCUT2D eigenvalue weighted by Crippen LogP contribution is -2.47. The predicted molar refractivity (Wildman–Crippen MR) is 51.2 cm³/mol. The third kappa shape index (κ3) is 1.80. The number of hydrogen-bond acceptors (Lipinski definition) is 2. The Morgan fingerprint density at radius 1 is 1.33 bits per heavy atom. The molecule has 0 aromatic heterocycles. The molecule has 0 aromatic rings. The Kier molecular flexibility index (Phi) is 2.66. The van der Waals surface area contributed by atoms with Crippen LogP contribution in [-0.2, 0) is 0 Å². The first-order valence-corrected chi connectivity index (χ1v) is 5.31. The largest absolute Gasteiger partial charge is 0.316 e. The first kappa shape index (κ1) is 8.52. The summed E-state index contributed by atoms with van der Waals surface area (Å²) in [7, 11) is 0. The van der Waals surface area contributed by atoms with Gasteiger partial charge in [0.25, 0.3) is 0 Å². The summed E-state index contributed by atoms with van der Waals surface area (Å²) in [5, 5.41) is 3.33. The summed E-state index contributed by atoms with van der Waals surface area (Å²) in [4.78, 5) is 2.65. The maximum atomic E-state index is 3.33. The molecule has 12 heavy (non-hydrogen) atoms. The fraction of sp³-hybridized carbons (Fsp3) is 1.00. The number of rotatable bonds is 3. The maximum absolute atomic E-state index is 3.33. The second-order valence-electron chi connectivity index (χ2n) is 4.35. The highest BCUT2D eigenvalue weighted by Crippen LogP contribution is 2.20. The number of hydrogen-bond donors (Lipinski definition) is 1. The van der Waals surface area contributed by atoms with Gasteiger partial charge in [0, 0.05) is 26.2 Å².